The van der Waals surface area contributed by atoms with Crippen LogP contribution in [-0.2, 0) is 38.2 Å². The highest BCUT2D eigenvalue weighted by Gasteiger charge is 2.11. The highest BCUT2D eigenvalue weighted by molar-refractivity contribution is 5.85. The number of esters is 4. The average Bonchev–Trinajstić information content (AvgIpc) is 2.94. The minimum Gasteiger partial charge on any atom is -0.481 e. The molecule has 248 valence electrons. The van der Waals surface area contributed by atoms with Gasteiger partial charge in [-0.25, -0.2) is 0 Å². The Morgan fingerprint density at radius 1 is 0.279 bits per heavy atom. The van der Waals surface area contributed by atoms with Crippen molar-refractivity contribution in [2.24, 2.45) is 0 Å². The summed E-state index contributed by atoms with van der Waals surface area (Å²) in [6.07, 6.45) is 19.9. The van der Waals surface area contributed by atoms with Crippen LogP contribution in [0.4, 0.5) is 0 Å². The van der Waals surface area contributed by atoms with E-state index in [9.17, 15) is 28.8 Å². The van der Waals surface area contributed by atoms with Crippen molar-refractivity contribution in [3.05, 3.63) is 0 Å². The molecule has 10 heteroatoms. The molecule has 43 heavy (non-hydrogen) atoms. The van der Waals surface area contributed by atoms with E-state index in [4.69, 9.17) is 19.7 Å². The van der Waals surface area contributed by atoms with Gasteiger partial charge in [-0.3, -0.25) is 28.8 Å². The van der Waals surface area contributed by atoms with E-state index in [2.05, 4.69) is 0 Å². The third kappa shape index (κ3) is 32.0. The van der Waals surface area contributed by atoms with Crippen LogP contribution in [-0.4, -0.2) is 46.0 Å². The SMILES string of the molecule is O=C(O)CCCCCCCCC(=O)OC(=O)CCCCCCCCCCCC(=O)OC(=O)CCCCCCCCC(=O)O. The molecule has 0 amide bonds. The fraction of sp³-hybridized carbons (Fsp3) is 0.818. The summed E-state index contributed by atoms with van der Waals surface area (Å²) in [4.78, 5) is 68.1. The van der Waals surface area contributed by atoms with Gasteiger partial charge in [0.2, 0.25) is 0 Å². The molecule has 2 N–H and O–H groups in total. The summed E-state index contributed by atoms with van der Waals surface area (Å²) in [5.41, 5.74) is 0. The van der Waals surface area contributed by atoms with E-state index in [0.717, 1.165) is 96.3 Å². The number of carboxylic acids is 2. The van der Waals surface area contributed by atoms with Gasteiger partial charge in [0, 0.05) is 38.5 Å². The minimum atomic E-state index is -0.769. The van der Waals surface area contributed by atoms with E-state index >= 15 is 0 Å². The number of hydrogen-bond donors (Lipinski definition) is 2. The predicted octanol–water partition coefficient (Wildman–Crippen LogP) is 7.83. The molecule has 0 rings (SSSR count). The highest BCUT2D eigenvalue weighted by Crippen LogP contribution is 2.14. The lowest BCUT2D eigenvalue weighted by atomic mass is 10.1. The lowest BCUT2D eigenvalue weighted by molar-refractivity contribution is -0.161. The quantitative estimate of drug-likeness (QED) is 0.0464. The van der Waals surface area contributed by atoms with Gasteiger partial charge < -0.3 is 19.7 Å². The van der Waals surface area contributed by atoms with Gasteiger partial charge in [-0.1, -0.05) is 96.3 Å². The standard InChI is InChI=1S/C33H56O10/c34-28(35)22-16-10-6-8-14-20-26-32(40)42-30(38)24-18-12-4-2-1-3-5-13-19-25-31(39)43-33(41)27-21-15-9-7-11-17-23-29(36)37/h1-27H2,(H,34,35)(H,36,37). The number of hydrogen-bond acceptors (Lipinski definition) is 8. The first-order valence-corrected chi connectivity index (χ1v) is 16.6. The Morgan fingerprint density at radius 2 is 0.442 bits per heavy atom. The van der Waals surface area contributed by atoms with Crippen molar-refractivity contribution in [3.8, 4) is 0 Å². The molecule has 0 aromatic carbocycles. The Kier molecular flexibility index (Phi) is 27.4. The maximum absolute atomic E-state index is 11.8. The van der Waals surface area contributed by atoms with E-state index in [1.165, 1.54) is 0 Å². The molecule has 0 aliphatic heterocycles. The predicted molar refractivity (Wildman–Crippen MR) is 162 cm³/mol. The van der Waals surface area contributed by atoms with Gasteiger partial charge in [0.25, 0.3) is 0 Å². The van der Waals surface area contributed by atoms with Crippen LogP contribution >= 0.6 is 0 Å². The van der Waals surface area contributed by atoms with Gasteiger partial charge in [-0.2, -0.15) is 0 Å². The molecular weight excluding hydrogens is 556 g/mol. The third-order valence-electron chi connectivity index (χ3n) is 7.26. The molecule has 0 aromatic rings. The largest absolute Gasteiger partial charge is 0.481 e. The number of ether oxygens (including phenoxy) is 2. The summed E-state index contributed by atoms with van der Waals surface area (Å²) < 4.78 is 9.75. The highest BCUT2D eigenvalue weighted by atomic mass is 16.6. The lowest BCUT2D eigenvalue weighted by Gasteiger charge is -2.05. The normalized spacial score (nSPS) is 10.8. The molecule has 10 nitrogen and oxygen atoms in total. The molecule has 0 saturated heterocycles. The second-order valence-corrected chi connectivity index (χ2v) is 11.4. The number of carboxylic acid groups (broad SMARTS) is 2. The van der Waals surface area contributed by atoms with Gasteiger partial charge in [-0.15, -0.1) is 0 Å². The number of carbonyl (C=O) groups excluding carboxylic acids is 4. The summed E-state index contributed by atoms with van der Waals surface area (Å²) in [6, 6.07) is 0. The van der Waals surface area contributed by atoms with Gasteiger partial charge in [0.15, 0.2) is 0 Å². The molecule has 0 unspecified atom stereocenters. The Bertz CT molecular complexity index is 729. The zero-order valence-corrected chi connectivity index (χ0v) is 26.3. The van der Waals surface area contributed by atoms with Gasteiger partial charge >= 0.3 is 35.8 Å². The molecule has 0 radical (unpaired) electrons. The molecule has 0 bridgehead atoms. The summed E-state index contributed by atoms with van der Waals surface area (Å²) in [5, 5.41) is 17.2. The fourth-order valence-electron chi connectivity index (χ4n) is 4.74. The second kappa shape index (κ2) is 29.3. The lowest BCUT2D eigenvalue weighted by Crippen LogP contribution is -2.11. The van der Waals surface area contributed by atoms with E-state index < -0.39 is 35.8 Å². The number of carbonyl (C=O) groups is 6. The Labute approximate surface area is 257 Å². The molecule has 0 aliphatic carbocycles. The van der Waals surface area contributed by atoms with Gasteiger partial charge in [0.05, 0.1) is 0 Å². The van der Waals surface area contributed by atoms with Crippen LogP contribution in [0, 0.1) is 0 Å². The van der Waals surface area contributed by atoms with E-state index in [1.54, 1.807) is 0 Å². The van der Waals surface area contributed by atoms with Crippen molar-refractivity contribution < 1.29 is 48.5 Å². The van der Waals surface area contributed by atoms with Crippen LogP contribution < -0.4 is 0 Å². The second-order valence-electron chi connectivity index (χ2n) is 11.4. The first kappa shape index (κ1) is 40.2. The van der Waals surface area contributed by atoms with Crippen molar-refractivity contribution in [2.75, 3.05) is 0 Å². The van der Waals surface area contributed by atoms with Crippen molar-refractivity contribution >= 4 is 35.8 Å². The van der Waals surface area contributed by atoms with Gasteiger partial charge in [-0.05, 0) is 38.5 Å². The monoisotopic (exact) mass is 612 g/mol. The number of rotatable bonds is 30. The maximum Gasteiger partial charge on any atom is 0.313 e. The number of unbranched alkanes of at least 4 members (excludes halogenated alkanes) is 18. The zero-order chi connectivity index (χ0) is 32.0. The molecule has 0 spiro atoms. The molecule has 0 saturated carbocycles. The van der Waals surface area contributed by atoms with Crippen LogP contribution in [0.5, 0.6) is 0 Å². The average molecular weight is 613 g/mol. The Balaban J connectivity index is 3.45. The summed E-state index contributed by atoms with van der Waals surface area (Å²) in [5.74, 6) is -3.39. The molecule has 0 heterocycles. The minimum absolute atomic E-state index is 0.201. The van der Waals surface area contributed by atoms with Crippen LogP contribution in [0.25, 0.3) is 0 Å². The topological polar surface area (TPSA) is 161 Å². The zero-order valence-electron chi connectivity index (χ0n) is 26.3. The van der Waals surface area contributed by atoms with Crippen LogP contribution in [0.3, 0.4) is 0 Å². The maximum atomic E-state index is 11.8. The molecule has 0 fully saturated rings. The smallest absolute Gasteiger partial charge is 0.313 e. The van der Waals surface area contributed by atoms with E-state index in [-0.39, 0.29) is 38.5 Å². The van der Waals surface area contributed by atoms with Crippen molar-refractivity contribution in [3.63, 3.8) is 0 Å². The van der Waals surface area contributed by atoms with Crippen LogP contribution in [0.15, 0.2) is 0 Å². The van der Waals surface area contributed by atoms with Crippen molar-refractivity contribution in [2.45, 2.75) is 173 Å². The van der Waals surface area contributed by atoms with E-state index in [1.807, 2.05) is 0 Å². The summed E-state index contributed by atoms with van der Waals surface area (Å²) in [7, 11) is 0. The van der Waals surface area contributed by atoms with E-state index in [0.29, 0.717) is 38.5 Å². The summed E-state index contributed by atoms with van der Waals surface area (Å²) >= 11 is 0. The fourth-order valence-corrected chi connectivity index (χ4v) is 4.74. The van der Waals surface area contributed by atoms with Crippen molar-refractivity contribution in [1.29, 1.82) is 0 Å². The number of aliphatic carboxylic acids is 2. The Hall–Kier alpha value is -2.78. The molecule has 0 atom stereocenters. The molecular formula is C33H56O10. The van der Waals surface area contributed by atoms with Crippen LogP contribution in [0.1, 0.15) is 173 Å². The Morgan fingerprint density at radius 3 is 0.628 bits per heavy atom. The van der Waals surface area contributed by atoms with Gasteiger partial charge in [0.1, 0.15) is 0 Å². The van der Waals surface area contributed by atoms with Crippen LogP contribution in [0.2, 0.25) is 0 Å². The molecule has 0 aromatic heterocycles. The third-order valence-corrected chi connectivity index (χ3v) is 7.26. The molecule has 0 aliphatic rings. The first-order chi connectivity index (χ1) is 20.7. The van der Waals surface area contributed by atoms with Crippen molar-refractivity contribution in [1.82, 2.24) is 0 Å². The first-order valence-electron chi connectivity index (χ1n) is 16.6. The summed E-state index contributed by atoms with van der Waals surface area (Å²) in [6.45, 7) is 0.